The van der Waals surface area contributed by atoms with Crippen LogP contribution in [0.4, 0.5) is 10.1 Å². The molecule has 0 bridgehead atoms. The number of hydrogen-bond donors (Lipinski definition) is 2. The summed E-state index contributed by atoms with van der Waals surface area (Å²) in [6, 6.07) is 13.8. The van der Waals surface area contributed by atoms with Crippen LogP contribution in [0.2, 0.25) is 0 Å². The van der Waals surface area contributed by atoms with Gasteiger partial charge in [0.1, 0.15) is 5.82 Å². The van der Waals surface area contributed by atoms with Gasteiger partial charge in [-0.25, -0.2) is 4.39 Å². The fourth-order valence-electron chi connectivity index (χ4n) is 2.53. The molecule has 0 aromatic heterocycles. The van der Waals surface area contributed by atoms with E-state index in [0.29, 0.717) is 31.0 Å². The summed E-state index contributed by atoms with van der Waals surface area (Å²) in [5.74, 6) is -0.332. The van der Waals surface area contributed by atoms with E-state index in [1.165, 1.54) is 12.1 Å². The minimum atomic E-state index is -0.279. The van der Waals surface area contributed by atoms with Crippen molar-refractivity contribution in [3.05, 3.63) is 65.5 Å². The highest BCUT2D eigenvalue weighted by Crippen LogP contribution is 2.19. The zero-order valence-corrected chi connectivity index (χ0v) is 13.9. The number of rotatable bonds is 7. The van der Waals surface area contributed by atoms with E-state index >= 15 is 0 Å². The monoisotopic (exact) mass is 340 g/mol. The van der Waals surface area contributed by atoms with Gasteiger partial charge in [-0.3, -0.25) is 9.59 Å². The van der Waals surface area contributed by atoms with E-state index in [9.17, 15) is 14.0 Å². The van der Waals surface area contributed by atoms with Gasteiger partial charge in [0.15, 0.2) is 0 Å². The fraction of sp³-hybridized carbons (Fsp3) is 0.300. The maximum Gasteiger partial charge on any atom is 0.224 e. The van der Waals surface area contributed by atoms with Crippen LogP contribution in [0.5, 0.6) is 0 Å². The van der Waals surface area contributed by atoms with Crippen molar-refractivity contribution < 1.29 is 14.0 Å². The Bertz CT molecular complexity index is 737. The first-order valence-electron chi connectivity index (χ1n) is 8.51. The lowest BCUT2D eigenvalue weighted by Gasteiger charge is -2.07. The maximum absolute atomic E-state index is 12.8. The summed E-state index contributed by atoms with van der Waals surface area (Å²) in [4.78, 5) is 23.8. The molecule has 2 aromatic carbocycles. The molecule has 0 radical (unpaired) electrons. The number of amides is 2. The molecule has 0 spiro atoms. The largest absolute Gasteiger partial charge is 0.353 e. The molecule has 1 fully saturated rings. The summed E-state index contributed by atoms with van der Waals surface area (Å²) < 4.78 is 12.8. The van der Waals surface area contributed by atoms with Gasteiger partial charge in [0.05, 0.1) is 6.42 Å². The highest BCUT2D eigenvalue weighted by atomic mass is 19.1. The van der Waals surface area contributed by atoms with Crippen molar-refractivity contribution in [2.24, 2.45) is 0 Å². The highest BCUT2D eigenvalue weighted by molar-refractivity contribution is 5.90. The Kier molecular flexibility index (Phi) is 5.43. The van der Waals surface area contributed by atoms with Gasteiger partial charge >= 0.3 is 0 Å². The van der Waals surface area contributed by atoms with Crippen molar-refractivity contribution in [3.63, 3.8) is 0 Å². The second-order valence-corrected chi connectivity index (χ2v) is 6.39. The van der Waals surface area contributed by atoms with Gasteiger partial charge in [-0.15, -0.1) is 0 Å². The first-order valence-corrected chi connectivity index (χ1v) is 8.51. The maximum atomic E-state index is 12.8. The molecule has 3 rings (SSSR count). The number of carbonyl (C=O) groups excluding carboxylic acids is 2. The second kappa shape index (κ2) is 7.92. The minimum absolute atomic E-state index is 0.0404. The van der Waals surface area contributed by atoms with Crippen LogP contribution in [0.15, 0.2) is 48.5 Å². The van der Waals surface area contributed by atoms with Gasteiger partial charge in [0.2, 0.25) is 11.8 Å². The smallest absolute Gasteiger partial charge is 0.224 e. The first-order chi connectivity index (χ1) is 12.1. The molecule has 1 aliphatic carbocycles. The van der Waals surface area contributed by atoms with Crippen LogP contribution in [0.3, 0.4) is 0 Å². The van der Waals surface area contributed by atoms with E-state index in [1.54, 1.807) is 24.3 Å². The van der Waals surface area contributed by atoms with Crippen LogP contribution in [-0.4, -0.2) is 17.9 Å². The Morgan fingerprint density at radius 2 is 1.56 bits per heavy atom. The van der Waals surface area contributed by atoms with Crippen LogP contribution in [0, 0.1) is 5.82 Å². The second-order valence-electron chi connectivity index (χ2n) is 6.39. The molecule has 2 aromatic rings. The van der Waals surface area contributed by atoms with Crippen molar-refractivity contribution in [1.82, 2.24) is 5.32 Å². The molecule has 0 aliphatic heterocycles. The Balaban J connectivity index is 1.44. The van der Waals surface area contributed by atoms with E-state index in [-0.39, 0.29) is 17.6 Å². The Labute approximate surface area is 146 Å². The zero-order chi connectivity index (χ0) is 17.6. The zero-order valence-electron chi connectivity index (χ0n) is 13.9. The molecule has 5 heteroatoms. The summed E-state index contributed by atoms with van der Waals surface area (Å²) in [5.41, 5.74) is 2.55. The summed E-state index contributed by atoms with van der Waals surface area (Å²) in [6.07, 6.45) is 3.40. The topological polar surface area (TPSA) is 58.2 Å². The molecule has 1 saturated carbocycles. The molecule has 1 aliphatic rings. The lowest BCUT2D eigenvalue weighted by Crippen LogP contribution is -2.26. The lowest BCUT2D eigenvalue weighted by atomic mass is 10.1. The van der Waals surface area contributed by atoms with E-state index in [0.717, 1.165) is 24.0 Å². The number of aryl methyl sites for hydroxylation is 1. The van der Waals surface area contributed by atoms with Gasteiger partial charge in [-0.1, -0.05) is 24.3 Å². The number of hydrogen-bond acceptors (Lipinski definition) is 2. The number of benzene rings is 2. The Hall–Kier alpha value is -2.69. The molecular weight excluding hydrogens is 319 g/mol. The Morgan fingerprint density at radius 3 is 2.20 bits per heavy atom. The third kappa shape index (κ3) is 5.71. The van der Waals surface area contributed by atoms with Crippen LogP contribution >= 0.6 is 0 Å². The summed E-state index contributed by atoms with van der Waals surface area (Å²) in [7, 11) is 0. The average Bonchev–Trinajstić information content (AvgIpc) is 3.40. The molecular formula is C20H21FN2O2. The van der Waals surface area contributed by atoms with Crippen LogP contribution in [0.1, 0.15) is 30.4 Å². The minimum Gasteiger partial charge on any atom is -0.353 e. The van der Waals surface area contributed by atoms with Gasteiger partial charge < -0.3 is 10.6 Å². The quantitative estimate of drug-likeness (QED) is 0.813. The normalized spacial score (nSPS) is 13.3. The third-order valence-corrected chi connectivity index (χ3v) is 4.10. The third-order valence-electron chi connectivity index (χ3n) is 4.10. The van der Waals surface area contributed by atoms with Gasteiger partial charge in [0, 0.05) is 18.2 Å². The molecule has 2 N–H and O–H groups in total. The number of carbonyl (C=O) groups is 2. The fourth-order valence-corrected chi connectivity index (χ4v) is 2.53. The van der Waals surface area contributed by atoms with Crippen molar-refractivity contribution in [2.75, 3.05) is 5.32 Å². The number of anilines is 1. The summed E-state index contributed by atoms with van der Waals surface area (Å²) >= 11 is 0. The van der Waals surface area contributed by atoms with Crippen LogP contribution in [-0.2, 0) is 22.4 Å². The van der Waals surface area contributed by atoms with Crippen molar-refractivity contribution in [1.29, 1.82) is 0 Å². The molecule has 25 heavy (non-hydrogen) atoms. The molecule has 2 amide bonds. The summed E-state index contributed by atoms with van der Waals surface area (Å²) in [6.45, 7) is 0. The van der Waals surface area contributed by atoms with Crippen LogP contribution < -0.4 is 10.6 Å². The molecule has 0 unspecified atom stereocenters. The van der Waals surface area contributed by atoms with Crippen molar-refractivity contribution in [2.45, 2.75) is 38.1 Å². The van der Waals surface area contributed by atoms with Crippen molar-refractivity contribution >= 4 is 17.5 Å². The molecule has 130 valence electrons. The van der Waals surface area contributed by atoms with E-state index < -0.39 is 0 Å². The van der Waals surface area contributed by atoms with E-state index in [4.69, 9.17) is 0 Å². The highest BCUT2D eigenvalue weighted by Gasteiger charge is 2.22. The lowest BCUT2D eigenvalue weighted by molar-refractivity contribution is -0.120. The molecule has 4 nitrogen and oxygen atoms in total. The average molecular weight is 340 g/mol. The van der Waals surface area contributed by atoms with E-state index in [2.05, 4.69) is 10.6 Å². The molecule has 0 saturated heterocycles. The first kappa shape index (κ1) is 17.1. The summed E-state index contributed by atoms with van der Waals surface area (Å²) in [5, 5.41) is 5.79. The van der Waals surface area contributed by atoms with E-state index in [1.807, 2.05) is 12.1 Å². The van der Waals surface area contributed by atoms with Crippen molar-refractivity contribution in [3.8, 4) is 0 Å². The van der Waals surface area contributed by atoms with Crippen LogP contribution in [0.25, 0.3) is 0 Å². The van der Waals surface area contributed by atoms with Gasteiger partial charge in [-0.2, -0.15) is 0 Å². The molecule has 0 atom stereocenters. The Morgan fingerprint density at radius 1 is 0.920 bits per heavy atom. The standard InChI is InChI=1S/C20H21FN2O2/c21-16-6-1-14(2-7-16)5-12-19(24)22-17-8-3-15(4-9-17)13-20(25)23-18-10-11-18/h1-4,6-9,18H,5,10-13H2,(H,22,24)(H,23,25). The number of halogens is 1. The predicted molar refractivity (Wildman–Crippen MR) is 94.7 cm³/mol. The van der Waals surface area contributed by atoms with Gasteiger partial charge in [0.25, 0.3) is 0 Å². The van der Waals surface area contributed by atoms with Gasteiger partial charge in [-0.05, 0) is 54.7 Å². The number of nitrogens with one attached hydrogen (secondary N) is 2. The molecule has 0 heterocycles. The predicted octanol–water partition coefficient (Wildman–Crippen LogP) is 3.22. The SMILES string of the molecule is O=C(CCc1ccc(F)cc1)Nc1ccc(CC(=O)NC2CC2)cc1.